The Labute approximate surface area is 117 Å². The number of nitrogens with one attached hydrogen (secondary N) is 2. The van der Waals surface area contributed by atoms with Crippen molar-refractivity contribution in [1.29, 1.82) is 0 Å². The molecule has 3 atom stereocenters. The van der Waals surface area contributed by atoms with Crippen LogP contribution in [0.3, 0.4) is 0 Å². The summed E-state index contributed by atoms with van der Waals surface area (Å²) in [7, 11) is 0. The van der Waals surface area contributed by atoms with E-state index in [1.165, 1.54) is 11.3 Å². The van der Waals surface area contributed by atoms with E-state index in [2.05, 4.69) is 10.6 Å². The molecule has 1 fully saturated rings. The van der Waals surface area contributed by atoms with Crippen molar-refractivity contribution in [2.24, 2.45) is 5.92 Å². The average Bonchev–Trinajstić information content (AvgIpc) is 3.06. The predicted octanol–water partition coefficient (Wildman–Crippen LogP) is 0.522. The third-order valence-electron chi connectivity index (χ3n) is 3.28. The molecule has 1 aromatic rings. The molecule has 0 aliphatic carbocycles. The third-order valence-corrected chi connectivity index (χ3v) is 3.98. The summed E-state index contributed by atoms with van der Waals surface area (Å²) in [6, 6.07) is 1.94. The fourth-order valence-corrected chi connectivity index (χ4v) is 2.89. The maximum Gasteiger partial charge on any atom is 0.227 e. The number of hydrogen-bond acceptors (Lipinski definition) is 5. The number of hydrogen-bond donors (Lipinski definition) is 3. The summed E-state index contributed by atoms with van der Waals surface area (Å²) in [5.74, 6) is -0.229. The normalized spacial score (nSPS) is 24.3. The van der Waals surface area contributed by atoms with Crippen molar-refractivity contribution in [3.8, 4) is 0 Å². The minimum Gasteiger partial charge on any atom is -0.387 e. The summed E-state index contributed by atoms with van der Waals surface area (Å²) in [6.07, 6.45) is -0.643. The van der Waals surface area contributed by atoms with Gasteiger partial charge in [-0.2, -0.15) is 11.3 Å². The Kier molecular flexibility index (Phi) is 5.33. The Bertz CT molecular complexity index is 397. The van der Waals surface area contributed by atoms with E-state index in [0.29, 0.717) is 13.2 Å². The summed E-state index contributed by atoms with van der Waals surface area (Å²) >= 11 is 1.53. The third kappa shape index (κ3) is 3.76. The molecule has 0 saturated carbocycles. The van der Waals surface area contributed by atoms with Crippen molar-refractivity contribution in [3.05, 3.63) is 22.4 Å². The van der Waals surface area contributed by atoms with E-state index in [4.69, 9.17) is 4.74 Å². The molecular formula is C13H20N2O3S. The van der Waals surface area contributed by atoms with Gasteiger partial charge in [0.2, 0.25) is 5.91 Å². The molecule has 1 amide bonds. The minimum absolute atomic E-state index is 0.0577. The number of carbonyl (C=O) groups is 1. The van der Waals surface area contributed by atoms with Crippen molar-refractivity contribution in [2.45, 2.75) is 19.1 Å². The molecule has 6 heteroatoms. The van der Waals surface area contributed by atoms with Gasteiger partial charge in [-0.3, -0.25) is 4.79 Å². The molecule has 0 bridgehead atoms. The lowest BCUT2D eigenvalue weighted by molar-refractivity contribution is -0.125. The molecule has 3 unspecified atom stereocenters. The summed E-state index contributed by atoms with van der Waals surface area (Å²) < 4.78 is 5.34. The summed E-state index contributed by atoms with van der Waals surface area (Å²) in [6.45, 7) is 4.07. The van der Waals surface area contributed by atoms with E-state index in [1.54, 1.807) is 0 Å². The number of thiophene rings is 1. The second kappa shape index (κ2) is 7.00. The van der Waals surface area contributed by atoms with Gasteiger partial charge in [0.05, 0.1) is 25.2 Å². The van der Waals surface area contributed by atoms with Gasteiger partial charge in [-0.1, -0.05) is 6.92 Å². The second-order valence-corrected chi connectivity index (χ2v) is 5.41. The molecule has 2 rings (SSSR count). The molecule has 1 saturated heterocycles. The molecule has 1 aliphatic rings. The Morgan fingerprint density at radius 3 is 3.16 bits per heavy atom. The van der Waals surface area contributed by atoms with E-state index in [9.17, 15) is 9.90 Å². The van der Waals surface area contributed by atoms with E-state index in [1.807, 2.05) is 23.8 Å². The van der Waals surface area contributed by atoms with Crippen LogP contribution < -0.4 is 10.6 Å². The fourth-order valence-electron chi connectivity index (χ4n) is 2.19. The standard InChI is InChI=1S/C13H20N2O3S/c1-2-14-11-7-18-6-10(11)13(17)15-5-12(16)9-3-4-19-8-9/h3-4,8,10-12,14,16H,2,5-7H2,1H3,(H,15,17). The summed E-state index contributed by atoms with van der Waals surface area (Å²) in [4.78, 5) is 12.1. The van der Waals surface area contributed by atoms with E-state index >= 15 is 0 Å². The van der Waals surface area contributed by atoms with Crippen LogP contribution in [-0.4, -0.2) is 43.4 Å². The molecule has 0 radical (unpaired) electrons. The van der Waals surface area contributed by atoms with E-state index < -0.39 is 6.10 Å². The molecule has 106 valence electrons. The number of ether oxygens (including phenoxy) is 1. The van der Waals surface area contributed by atoms with Crippen LogP contribution in [-0.2, 0) is 9.53 Å². The van der Waals surface area contributed by atoms with Gasteiger partial charge in [0.15, 0.2) is 0 Å². The molecule has 3 N–H and O–H groups in total. The van der Waals surface area contributed by atoms with E-state index in [0.717, 1.165) is 12.1 Å². The number of aliphatic hydroxyl groups is 1. The molecule has 5 nitrogen and oxygen atoms in total. The largest absolute Gasteiger partial charge is 0.387 e. The van der Waals surface area contributed by atoms with Gasteiger partial charge in [-0.15, -0.1) is 0 Å². The molecule has 1 aromatic heterocycles. The summed E-state index contributed by atoms with van der Waals surface area (Å²) in [5, 5.41) is 19.8. The number of carbonyl (C=O) groups excluding carboxylic acids is 1. The zero-order valence-corrected chi connectivity index (χ0v) is 11.8. The van der Waals surface area contributed by atoms with Crippen molar-refractivity contribution in [2.75, 3.05) is 26.3 Å². The zero-order chi connectivity index (χ0) is 13.7. The molecule has 19 heavy (non-hydrogen) atoms. The molecule has 1 aliphatic heterocycles. The van der Waals surface area contributed by atoms with Crippen molar-refractivity contribution >= 4 is 17.2 Å². The first-order valence-electron chi connectivity index (χ1n) is 6.51. The number of aliphatic hydroxyl groups excluding tert-OH is 1. The quantitative estimate of drug-likeness (QED) is 0.712. The second-order valence-electron chi connectivity index (χ2n) is 4.63. The van der Waals surface area contributed by atoms with Gasteiger partial charge in [0.1, 0.15) is 0 Å². The molecular weight excluding hydrogens is 264 g/mol. The molecule has 0 aromatic carbocycles. The van der Waals surface area contributed by atoms with Crippen LogP contribution in [0.2, 0.25) is 0 Å². The highest BCUT2D eigenvalue weighted by Gasteiger charge is 2.33. The first-order chi connectivity index (χ1) is 9.22. The zero-order valence-electron chi connectivity index (χ0n) is 11.0. The molecule has 0 spiro atoms. The monoisotopic (exact) mass is 284 g/mol. The van der Waals surface area contributed by atoms with Crippen LogP contribution in [0.25, 0.3) is 0 Å². The summed E-state index contributed by atoms with van der Waals surface area (Å²) in [5.41, 5.74) is 0.844. The smallest absolute Gasteiger partial charge is 0.227 e. The van der Waals surface area contributed by atoms with Crippen LogP contribution in [0.4, 0.5) is 0 Å². The highest BCUT2D eigenvalue weighted by atomic mass is 32.1. The van der Waals surface area contributed by atoms with Gasteiger partial charge in [-0.25, -0.2) is 0 Å². The lowest BCUT2D eigenvalue weighted by Crippen LogP contribution is -2.44. The first kappa shape index (κ1) is 14.5. The van der Waals surface area contributed by atoms with Gasteiger partial charge in [-0.05, 0) is 28.9 Å². The fraction of sp³-hybridized carbons (Fsp3) is 0.615. The minimum atomic E-state index is -0.643. The van der Waals surface area contributed by atoms with Gasteiger partial charge < -0.3 is 20.5 Å². The number of amides is 1. The average molecular weight is 284 g/mol. The van der Waals surface area contributed by atoms with Crippen LogP contribution >= 0.6 is 11.3 Å². The lowest BCUT2D eigenvalue weighted by Gasteiger charge is -2.18. The lowest BCUT2D eigenvalue weighted by atomic mass is 10.0. The SMILES string of the molecule is CCNC1COCC1C(=O)NCC(O)c1ccsc1. The van der Waals surface area contributed by atoms with Crippen LogP contribution in [0.1, 0.15) is 18.6 Å². The number of rotatable bonds is 6. The van der Waals surface area contributed by atoms with E-state index in [-0.39, 0.29) is 24.4 Å². The van der Waals surface area contributed by atoms with Crippen molar-refractivity contribution in [1.82, 2.24) is 10.6 Å². The van der Waals surface area contributed by atoms with Crippen LogP contribution in [0.5, 0.6) is 0 Å². The Hall–Kier alpha value is -0.950. The van der Waals surface area contributed by atoms with Crippen LogP contribution in [0, 0.1) is 5.92 Å². The Morgan fingerprint density at radius 1 is 1.63 bits per heavy atom. The topological polar surface area (TPSA) is 70.6 Å². The van der Waals surface area contributed by atoms with Crippen LogP contribution in [0.15, 0.2) is 16.8 Å². The first-order valence-corrected chi connectivity index (χ1v) is 7.45. The van der Waals surface area contributed by atoms with Gasteiger partial charge >= 0.3 is 0 Å². The van der Waals surface area contributed by atoms with Gasteiger partial charge in [0, 0.05) is 12.6 Å². The highest BCUT2D eigenvalue weighted by molar-refractivity contribution is 7.07. The highest BCUT2D eigenvalue weighted by Crippen LogP contribution is 2.17. The van der Waals surface area contributed by atoms with Gasteiger partial charge in [0.25, 0.3) is 0 Å². The number of likely N-dealkylation sites (N-methyl/N-ethyl adjacent to an activating group) is 1. The van der Waals surface area contributed by atoms with Crippen molar-refractivity contribution in [3.63, 3.8) is 0 Å². The Balaban J connectivity index is 1.80. The maximum absolute atomic E-state index is 12.1. The Morgan fingerprint density at radius 2 is 2.47 bits per heavy atom. The van der Waals surface area contributed by atoms with Crippen molar-refractivity contribution < 1.29 is 14.6 Å². The maximum atomic E-state index is 12.1. The predicted molar refractivity (Wildman–Crippen MR) is 74.1 cm³/mol. The molecule has 2 heterocycles.